The minimum atomic E-state index is -0.663. The van der Waals surface area contributed by atoms with Crippen LogP contribution in [0.25, 0.3) is 43.1 Å². The molecule has 0 radical (unpaired) electrons. The van der Waals surface area contributed by atoms with E-state index < -0.39 is 7.92 Å². The summed E-state index contributed by atoms with van der Waals surface area (Å²) in [6, 6.07) is 47.0. The molecule has 0 aliphatic carbocycles. The van der Waals surface area contributed by atoms with E-state index in [0.717, 1.165) is 0 Å². The molecule has 0 saturated carbocycles. The Bertz CT molecular complexity index is 1660. The van der Waals surface area contributed by atoms with Crippen molar-refractivity contribution in [1.82, 2.24) is 0 Å². The standard InChI is InChI=1S/C32H21P/c1-3-12-23(13-4-1)33(24-14-5-2-6-15-24)30-21-20-28-26-17-8-11-22-10-7-16-25(31(22)26)27-18-9-19-29(30)32(27)28/h1-21H. The van der Waals surface area contributed by atoms with Crippen molar-refractivity contribution in [2.45, 2.75) is 0 Å². The fraction of sp³-hybridized carbons (Fsp3) is 0. The molecule has 0 amide bonds. The first kappa shape index (κ1) is 18.8. The zero-order chi connectivity index (χ0) is 21.8. The van der Waals surface area contributed by atoms with Crippen molar-refractivity contribution in [3.63, 3.8) is 0 Å². The van der Waals surface area contributed by atoms with Gasteiger partial charge in [-0.15, -0.1) is 0 Å². The third kappa shape index (κ3) is 2.81. The molecule has 0 nitrogen and oxygen atoms in total. The highest BCUT2D eigenvalue weighted by Crippen LogP contribution is 2.43. The van der Waals surface area contributed by atoms with E-state index >= 15 is 0 Å². The molecular weight excluding hydrogens is 415 g/mol. The van der Waals surface area contributed by atoms with Gasteiger partial charge in [0, 0.05) is 0 Å². The van der Waals surface area contributed by atoms with Crippen molar-refractivity contribution < 1.29 is 0 Å². The van der Waals surface area contributed by atoms with Gasteiger partial charge in [0.2, 0.25) is 0 Å². The Labute approximate surface area is 194 Å². The quantitative estimate of drug-likeness (QED) is 0.153. The van der Waals surface area contributed by atoms with Crippen molar-refractivity contribution in [3.8, 4) is 0 Å². The minimum Gasteiger partial charge on any atom is -0.0622 e. The third-order valence-corrected chi connectivity index (χ3v) is 9.27. The SMILES string of the molecule is c1ccc(P(c2ccccc2)c2ccc3c4cccc5cccc(c6cccc2c63)c54)cc1. The summed E-state index contributed by atoms with van der Waals surface area (Å²) < 4.78 is 0. The molecule has 0 aliphatic heterocycles. The van der Waals surface area contributed by atoms with Crippen molar-refractivity contribution in [2.24, 2.45) is 0 Å². The zero-order valence-electron chi connectivity index (χ0n) is 18.1. The number of rotatable bonds is 3. The lowest BCUT2D eigenvalue weighted by Crippen LogP contribution is -2.21. The van der Waals surface area contributed by atoms with Gasteiger partial charge in [-0.1, -0.05) is 127 Å². The molecule has 33 heavy (non-hydrogen) atoms. The van der Waals surface area contributed by atoms with Gasteiger partial charge < -0.3 is 0 Å². The average Bonchev–Trinajstić information content (AvgIpc) is 2.89. The molecule has 0 aliphatic rings. The molecule has 1 heteroatoms. The van der Waals surface area contributed by atoms with Crippen LogP contribution in [0.3, 0.4) is 0 Å². The normalized spacial score (nSPS) is 11.9. The lowest BCUT2D eigenvalue weighted by Gasteiger charge is -2.23. The van der Waals surface area contributed by atoms with Crippen LogP contribution in [0.15, 0.2) is 127 Å². The van der Waals surface area contributed by atoms with Gasteiger partial charge in [-0.3, -0.25) is 0 Å². The maximum absolute atomic E-state index is 2.39. The Hall–Kier alpha value is -3.73. The van der Waals surface area contributed by atoms with Crippen LogP contribution < -0.4 is 15.9 Å². The van der Waals surface area contributed by atoms with Crippen LogP contribution >= 0.6 is 7.92 Å². The second-order valence-electron chi connectivity index (χ2n) is 8.58. The molecule has 0 spiro atoms. The lowest BCUT2D eigenvalue weighted by atomic mass is 9.90. The zero-order valence-corrected chi connectivity index (χ0v) is 19.0. The van der Waals surface area contributed by atoms with Crippen LogP contribution in [0.2, 0.25) is 0 Å². The number of hydrogen-bond donors (Lipinski definition) is 0. The summed E-state index contributed by atoms with van der Waals surface area (Å²) in [5, 5.41) is 15.0. The van der Waals surface area contributed by atoms with E-state index in [4.69, 9.17) is 0 Å². The fourth-order valence-electron chi connectivity index (χ4n) is 5.41. The predicted octanol–water partition coefficient (Wildman–Crippen LogP) is 7.50. The Kier molecular flexibility index (Phi) is 4.22. The maximum Gasteiger partial charge on any atom is -0.00197 e. The van der Waals surface area contributed by atoms with Crippen LogP contribution in [-0.4, -0.2) is 0 Å². The van der Waals surface area contributed by atoms with E-state index in [1.54, 1.807) is 0 Å². The second kappa shape index (κ2) is 7.41. The summed E-state index contributed by atoms with van der Waals surface area (Å²) in [5.41, 5.74) is 0. The van der Waals surface area contributed by atoms with Crippen LogP contribution in [0, 0.1) is 0 Å². The van der Waals surface area contributed by atoms with Gasteiger partial charge in [0.05, 0.1) is 0 Å². The first-order chi connectivity index (χ1) is 16.4. The smallest absolute Gasteiger partial charge is 0.00197 e. The van der Waals surface area contributed by atoms with Gasteiger partial charge in [0.15, 0.2) is 0 Å². The Morgan fingerprint density at radius 3 is 1.42 bits per heavy atom. The summed E-state index contributed by atoms with van der Waals surface area (Å²) in [6.45, 7) is 0. The first-order valence-electron chi connectivity index (χ1n) is 11.4. The second-order valence-corrected chi connectivity index (χ2v) is 10.8. The van der Waals surface area contributed by atoms with Gasteiger partial charge >= 0.3 is 0 Å². The van der Waals surface area contributed by atoms with Crippen molar-refractivity contribution >= 4 is 66.9 Å². The molecule has 0 fully saturated rings. The van der Waals surface area contributed by atoms with E-state index in [0.29, 0.717) is 0 Å². The van der Waals surface area contributed by atoms with Gasteiger partial charge in [-0.05, 0) is 66.9 Å². The van der Waals surface area contributed by atoms with E-state index in [-0.39, 0.29) is 0 Å². The summed E-state index contributed by atoms with van der Waals surface area (Å²) in [6.07, 6.45) is 0. The lowest BCUT2D eigenvalue weighted by molar-refractivity contribution is 1.75. The van der Waals surface area contributed by atoms with E-state index in [9.17, 15) is 0 Å². The van der Waals surface area contributed by atoms with Gasteiger partial charge in [-0.25, -0.2) is 0 Å². The Morgan fingerprint density at radius 2 is 0.818 bits per heavy atom. The molecule has 7 rings (SSSR count). The predicted molar refractivity (Wildman–Crippen MR) is 146 cm³/mol. The molecule has 0 bridgehead atoms. The summed E-state index contributed by atoms with van der Waals surface area (Å²) in [5.74, 6) is 0. The molecule has 7 aromatic carbocycles. The van der Waals surface area contributed by atoms with E-state index in [2.05, 4.69) is 127 Å². The molecule has 154 valence electrons. The van der Waals surface area contributed by atoms with Crippen LogP contribution in [0.4, 0.5) is 0 Å². The van der Waals surface area contributed by atoms with Gasteiger partial charge in [-0.2, -0.15) is 0 Å². The Balaban J connectivity index is 1.64. The highest BCUT2D eigenvalue weighted by Gasteiger charge is 2.21. The summed E-state index contributed by atoms with van der Waals surface area (Å²) >= 11 is 0. The van der Waals surface area contributed by atoms with E-state index in [1.807, 2.05) is 0 Å². The summed E-state index contributed by atoms with van der Waals surface area (Å²) in [7, 11) is -0.663. The number of hydrogen-bond acceptors (Lipinski definition) is 0. The molecule has 0 atom stereocenters. The molecule has 0 saturated heterocycles. The first-order valence-corrected chi connectivity index (χ1v) is 12.7. The topological polar surface area (TPSA) is 0 Å². The molecule has 0 unspecified atom stereocenters. The van der Waals surface area contributed by atoms with Crippen molar-refractivity contribution in [1.29, 1.82) is 0 Å². The Morgan fingerprint density at radius 1 is 0.333 bits per heavy atom. The average molecular weight is 436 g/mol. The number of benzene rings is 7. The molecule has 0 N–H and O–H groups in total. The van der Waals surface area contributed by atoms with E-state index in [1.165, 1.54) is 59.0 Å². The molecular formula is C32H21P. The van der Waals surface area contributed by atoms with Gasteiger partial charge in [0.25, 0.3) is 0 Å². The highest BCUT2D eigenvalue weighted by molar-refractivity contribution is 7.80. The monoisotopic (exact) mass is 436 g/mol. The maximum atomic E-state index is 2.39. The molecule has 0 aromatic heterocycles. The number of fused-ring (bicyclic) bond motifs is 2. The van der Waals surface area contributed by atoms with Crippen molar-refractivity contribution in [3.05, 3.63) is 127 Å². The molecule has 7 aromatic rings. The van der Waals surface area contributed by atoms with Gasteiger partial charge in [0.1, 0.15) is 0 Å². The largest absolute Gasteiger partial charge is 0.0622 e. The van der Waals surface area contributed by atoms with Crippen LogP contribution in [0.5, 0.6) is 0 Å². The fourth-order valence-corrected chi connectivity index (χ4v) is 7.85. The summed E-state index contributed by atoms with van der Waals surface area (Å²) in [4.78, 5) is 0. The van der Waals surface area contributed by atoms with Crippen molar-refractivity contribution in [2.75, 3.05) is 0 Å². The third-order valence-electron chi connectivity index (χ3n) is 6.77. The minimum absolute atomic E-state index is 0.663. The molecule has 0 heterocycles. The van der Waals surface area contributed by atoms with Crippen LogP contribution in [0.1, 0.15) is 0 Å². The highest BCUT2D eigenvalue weighted by atomic mass is 31.1. The van der Waals surface area contributed by atoms with Crippen LogP contribution in [-0.2, 0) is 0 Å².